The average Bonchev–Trinajstić information content (AvgIpc) is 2.52. The summed E-state index contributed by atoms with van der Waals surface area (Å²) >= 11 is 0. The van der Waals surface area contributed by atoms with Crippen LogP contribution in [0.5, 0.6) is 0 Å². The first-order chi connectivity index (χ1) is 6.13. The molecular formula is C7H12N4O2. The minimum absolute atomic E-state index is 0.329. The number of aromatic nitrogens is 4. The highest BCUT2D eigenvalue weighted by Gasteiger charge is 2.14. The lowest BCUT2D eigenvalue weighted by molar-refractivity contribution is -0.141. The lowest BCUT2D eigenvalue weighted by Crippen LogP contribution is -2.13. The number of hydrogen-bond donors (Lipinski definition) is 1. The molecule has 1 aromatic heterocycles. The highest BCUT2D eigenvalue weighted by Crippen LogP contribution is 2.02. The highest BCUT2D eigenvalue weighted by molar-refractivity contribution is 5.69. The summed E-state index contributed by atoms with van der Waals surface area (Å²) in [6.45, 7) is 4.16. The Bertz CT molecular complexity index is 296. The molecule has 0 aliphatic rings. The topological polar surface area (TPSA) is 80.9 Å². The Morgan fingerprint density at radius 1 is 1.69 bits per heavy atom. The van der Waals surface area contributed by atoms with Gasteiger partial charge in [-0.3, -0.25) is 4.79 Å². The SMILES string of the molecule is CCn1nnc(CC(C)C(=O)O)n1. The zero-order chi connectivity index (χ0) is 9.84. The molecule has 1 rings (SSSR count). The molecule has 0 spiro atoms. The van der Waals surface area contributed by atoms with E-state index in [1.165, 1.54) is 4.80 Å². The zero-order valence-electron chi connectivity index (χ0n) is 7.64. The van der Waals surface area contributed by atoms with Gasteiger partial charge in [0, 0.05) is 6.42 Å². The Balaban J connectivity index is 2.58. The van der Waals surface area contributed by atoms with Crippen LogP contribution in [0.25, 0.3) is 0 Å². The van der Waals surface area contributed by atoms with E-state index in [1.807, 2.05) is 6.92 Å². The van der Waals surface area contributed by atoms with Gasteiger partial charge in [-0.1, -0.05) is 6.92 Å². The number of hydrogen-bond acceptors (Lipinski definition) is 4. The van der Waals surface area contributed by atoms with Crippen molar-refractivity contribution in [2.45, 2.75) is 26.8 Å². The first kappa shape index (κ1) is 9.63. The van der Waals surface area contributed by atoms with Crippen LogP contribution in [0.4, 0.5) is 0 Å². The Morgan fingerprint density at radius 3 is 2.85 bits per heavy atom. The van der Waals surface area contributed by atoms with Crippen molar-refractivity contribution in [2.24, 2.45) is 5.92 Å². The molecule has 0 aliphatic heterocycles. The Hall–Kier alpha value is -1.46. The van der Waals surface area contributed by atoms with Gasteiger partial charge in [0.25, 0.3) is 0 Å². The predicted molar refractivity (Wildman–Crippen MR) is 44.0 cm³/mol. The van der Waals surface area contributed by atoms with Crippen molar-refractivity contribution in [3.63, 3.8) is 0 Å². The molecule has 72 valence electrons. The van der Waals surface area contributed by atoms with Gasteiger partial charge in [0.2, 0.25) is 0 Å². The Labute approximate surface area is 75.6 Å². The summed E-state index contributed by atoms with van der Waals surface area (Å²) in [4.78, 5) is 11.9. The van der Waals surface area contributed by atoms with Crippen molar-refractivity contribution >= 4 is 5.97 Å². The van der Waals surface area contributed by atoms with Crippen molar-refractivity contribution in [3.05, 3.63) is 5.82 Å². The van der Waals surface area contributed by atoms with E-state index >= 15 is 0 Å². The summed E-state index contributed by atoms with van der Waals surface area (Å²) in [7, 11) is 0. The summed E-state index contributed by atoms with van der Waals surface area (Å²) in [5, 5.41) is 20.1. The van der Waals surface area contributed by atoms with Crippen LogP contribution in [0.15, 0.2) is 0 Å². The van der Waals surface area contributed by atoms with Crippen molar-refractivity contribution < 1.29 is 9.90 Å². The van der Waals surface area contributed by atoms with E-state index < -0.39 is 11.9 Å². The maximum Gasteiger partial charge on any atom is 0.306 e. The third-order valence-corrected chi connectivity index (χ3v) is 1.69. The lowest BCUT2D eigenvalue weighted by atomic mass is 10.1. The first-order valence-electron chi connectivity index (χ1n) is 4.13. The molecule has 0 saturated heterocycles. The summed E-state index contributed by atoms with van der Waals surface area (Å²) in [6, 6.07) is 0. The van der Waals surface area contributed by atoms with Crippen LogP contribution >= 0.6 is 0 Å². The van der Waals surface area contributed by atoms with Crippen LogP contribution in [0.3, 0.4) is 0 Å². The molecule has 6 heteroatoms. The molecule has 0 aromatic carbocycles. The normalized spacial score (nSPS) is 12.8. The number of carbonyl (C=O) groups is 1. The average molecular weight is 184 g/mol. The van der Waals surface area contributed by atoms with E-state index in [1.54, 1.807) is 6.92 Å². The quantitative estimate of drug-likeness (QED) is 0.709. The maximum absolute atomic E-state index is 10.5. The minimum Gasteiger partial charge on any atom is -0.481 e. The Morgan fingerprint density at radius 2 is 2.38 bits per heavy atom. The van der Waals surface area contributed by atoms with Crippen LogP contribution < -0.4 is 0 Å². The third kappa shape index (κ3) is 2.50. The zero-order valence-corrected chi connectivity index (χ0v) is 7.64. The van der Waals surface area contributed by atoms with Crippen molar-refractivity contribution in [1.82, 2.24) is 20.2 Å². The molecule has 1 aromatic rings. The van der Waals surface area contributed by atoms with E-state index in [0.29, 0.717) is 18.8 Å². The van der Waals surface area contributed by atoms with Crippen molar-refractivity contribution in [1.29, 1.82) is 0 Å². The second-order valence-corrected chi connectivity index (χ2v) is 2.84. The second kappa shape index (κ2) is 3.97. The standard InChI is InChI=1S/C7H12N4O2/c1-3-11-9-6(8-10-11)4-5(2)7(12)13/h5H,3-4H2,1-2H3,(H,12,13). The number of carboxylic acid groups (broad SMARTS) is 1. The molecule has 1 unspecified atom stereocenters. The van der Waals surface area contributed by atoms with Gasteiger partial charge in [0.15, 0.2) is 5.82 Å². The van der Waals surface area contributed by atoms with Gasteiger partial charge in [0.05, 0.1) is 12.5 Å². The van der Waals surface area contributed by atoms with Crippen LogP contribution in [-0.4, -0.2) is 31.3 Å². The van der Waals surface area contributed by atoms with Gasteiger partial charge in [-0.25, -0.2) is 0 Å². The van der Waals surface area contributed by atoms with Crippen molar-refractivity contribution in [3.8, 4) is 0 Å². The van der Waals surface area contributed by atoms with E-state index in [4.69, 9.17) is 5.11 Å². The smallest absolute Gasteiger partial charge is 0.306 e. The fraction of sp³-hybridized carbons (Fsp3) is 0.714. The molecule has 0 radical (unpaired) electrons. The minimum atomic E-state index is -0.840. The summed E-state index contributed by atoms with van der Waals surface area (Å²) in [6.07, 6.45) is 0.329. The van der Waals surface area contributed by atoms with E-state index in [-0.39, 0.29) is 0 Å². The van der Waals surface area contributed by atoms with E-state index in [2.05, 4.69) is 15.4 Å². The molecule has 0 aliphatic carbocycles. The van der Waals surface area contributed by atoms with E-state index in [9.17, 15) is 4.79 Å². The summed E-state index contributed by atoms with van der Waals surface area (Å²) in [5.74, 6) is -0.820. The van der Waals surface area contributed by atoms with Gasteiger partial charge in [-0.15, -0.1) is 10.2 Å². The largest absolute Gasteiger partial charge is 0.481 e. The van der Waals surface area contributed by atoms with Gasteiger partial charge < -0.3 is 5.11 Å². The molecule has 0 saturated carbocycles. The molecule has 0 amide bonds. The molecule has 1 heterocycles. The lowest BCUT2D eigenvalue weighted by Gasteiger charge is -1.99. The van der Waals surface area contributed by atoms with Crippen molar-refractivity contribution in [2.75, 3.05) is 0 Å². The van der Waals surface area contributed by atoms with Gasteiger partial charge in [-0.2, -0.15) is 4.80 Å². The van der Waals surface area contributed by atoms with E-state index in [0.717, 1.165) is 0 Å². The predicted octanol–water partition coefficient (Wildman–Crippen LogP) is -0.0438. The maximum atomic E-state index is 10.5. The molecule has 0 bridgehead atoms. The van der Waals surface area contributed by atoms with Gasteiger partial charge in [-0.05, 0) is 12.1 Å². The molecule has 13 heavy (non-hydrogen) atoms. The first-order valence-corrected chi connectivity index (χ1v) is 4.13. The molecule has 1 N–H and O–H groups in total. The molecule has 0 fully saturated rings. The summed E-state index contributed by atoms with van der Waals surface area (Å²) in [5.41, 5.74) is 0. The molecule has 1 atom stereocenters. The number of tetrazole rings is 1. The van der Waals surface area contributed by atoms with Crippen LogP contribution in [-0.2, 0) is 17.8 Å². The van der Waals surface area contributed by atoms with Gasteiger partial charge in [0.1, 0.15) is 0 Å². The van der Waals surface area contributed by atoms with Crippen LogP contribution in [0, 0.1) is 5.92 Å². The number of rotatable bonds is 4. The second-order valence-electron chi connectivity index (χ2n) is 2.84. The monoisotopic (exact) mass is 184 g/mol. The fourth-order valence-electron chi connectivity index (χ4n) is 0.853. The van der Waals surface area contributed by atoms with Crippen LogP contribution in [0.2, 0.25) is 0 Å². The van der Waals surface area contributed by atoms with Gasteiger partial charge >= 0.3 is 5.97 Å². The number of carboxylic acids is 1. The Kier molecular flexibility index (Phi) is 2.94. The number of aliphatic carboxylic acids is 1. The fourth-order valence-corrected chi connectivity index (χ4v) is 0.853. The number of aryl methyl sites for hydroxylation is 1. The number of nitrogens with zero attached hydrogens (tertiary/aromatic N) is 4. The highest BCUT2D eigenvalue weighted by atomic mass is 16.4. The molecular weight excluding hydrogens is 172 g/mol. The summed E-state index contributed by atoms with van der Waals surface area (Å²) < 4.78 is 0. The van der Waals surface area contributed by atoms with Crippen LogP contribution in [0.1, 0.15) is 19.7 Å². The third-order valence-electron chi connectivity index (χ3n) is 1.69. The molecule has 6 nitrogen and oxygen atoms in total.